The van der Waals surface area contributed by atoms with Gasteiger partial charge in [-0.25, -0.2) is 0 Å². The van der Waals surface area contributed by atoms with E-state index >= 15 is 0 Å². The smallest absolute Gasteiger partial charge is 0.406 e. The van der Waals surface area contributed by atoms with Crippen LogP contribution in [0.3, 0.4) is 0 Å². The minimum absolute atomic E-state index is 0.138. The number of ether oxygens (including phenoxy) is 1. The Hall–Kier alpha value is -3.48. The number of aromatic nitrogens is 4. The highest BCUT2D eigenvalue weighted by atomic mass is 32.1. The van der Waals surface area contributed by atoms with Gasteiger partial charge >= 0.3 is 6.36 Å². The Labute approximate surface area is 184 Å². The molecule has 1 saturated heterocycles. The fraction of sp³-hybridized carbons (Fsp3) is 0.316. The highest BCUT2D eigenvalue weighted by Crippen LogP contribution is 2.32. The molecule has 0 radical (unpaired) electrons. The Morgan fingerprint density at radius 3 is 2.75 bits per heavy atom. The van der Waals surface area contributed by atoms with Crippen molar-refractivity contribution in [3.05, 3.63) is 47.7 Å². The molecule has 9 nitrogen and oxygen atoms in total. The zero-order valence-electron chi connectivity index (χ0n) is 16.5. The number of carbonyl (C=O) groups excluding carboxylic acids is 1. The average molecular weight is 465 g/mol. The van der Waals surface area contributed by atoms with Crippen molar-refractivity contribution in [2.24, 2.45) is 0 Å². The lowest BCUT2D eigenvalue weighted by atomic mass is 10.1. The minimum Gasteiger partial charge on any atom is -0.406 e. The van der Waals surface area contributed by atoms with Crippen molar-refractivity contribution in [3.63, 3.8) is 0 Å². The van der Waals surface area contributed by atoms with Crippen molar-refractivity contribution in [2.75, 3.05) is 29.0 Å². The van der Waals surface area contributed by atoms with Gasteiger partial charge in [0.1, 0.15) is 5.75 Å². The number of nitrogens with two attached hydrogens (primary N) is 1. The van der Waals surface area contributed by atoms with E-state index in [1.165, 1.54) is 35.6 Å². The van der Waals surface area contributed by atoms with E-state index < -0.39 is 12.3 Å². The van der Waals surface area contributed by atoms with Crippen LogP contribution in [0, 0.1) is 0 Å². The number of amides is 1. The predicted octanol–water partition coefficient (Wildman–Crippen LogP) is 2.98. The molecule has 0 saturated carbocycles. The molecule has 1 fully saturated rings. The number of hydrogen-bond donors (Lipinski definition) is 2. The molecule has 0 spiro atoms. The maximum atomic E-state index is 12.3. The Kier molecular flexibility index (Phi) is 6.08. The molecular weight excluding hydrogens is 447 g/mol. The third kappa shape index (κ3) is 5.60. The number of nitrogens with one attached hydrogen (secondary N) is 1. The molecule has 32 heavy (non-hydrogen) atoms. The molecule has 1 aliphatic heterocycles. The van der Waals surface area contributed by atoms with Crippen LogP contribution in [0.15, 0.2) is 36.4 Å². The van der Waals surface area contributed by atoms with Crippen LogP contribution in [0.2, 0.25) is 0 Å². The molecule has 13 heteroatoms. The van der Waals surface area contributed by atoms with Crippen molar-refractivity contribution in [2.45, 2.75) is 25.1 Å². The van der Waals surface area contributed by atoms with Gasteiger partial charge in [0.25, 0.3) is 0 Å². The zero-order valence-corrected chi connectivity index (χ0v) is 17.4. The summed E-state index contributed by atoms with van der Waals surface area (Å²) in [5.41, 5.74) is 6.80. The van der Waals surface area contributed by atoms with E-state index in [4.69, 9.17) is 5.73 Å². The summed E-state index contributed by atoms with van der Waals surface area (Å²) in [4.78, 5) is 14.3. The van der Waals surface area contributed by atoms with Crippen LogP contribution >= 0.6 is 11.3 Å². The number of alkyl halides is 3. The molecule has 168 valence electrons. The van der Waals surface area contributed by atoms with Crippen LogP contribution < -0.4 is 20.7 Å². The quantitative estimate of drug-likeness (QED) is 0.570. The van der Waals surface area contributed by atoms with E-state index in [1.807, 2.05) is 0 Å². The highest BCUT2D eigenvalue weighted by molar-refractivity contribution is 7.18. The predicted molar refractivity (Wildman–Crippen MR) is 111 cm³/mol. The van der Waals surface area contributed by atoms with Gasteiger partial charge in [0.15, 0.2) is 5.82 Å². The molecule has 0 aliphatic carbocycles. The van der Waals surface area contributed by atoms with E-state index in [-0.39, 0.29) is 23.9 Å². The normalized spacial score (nSPS) is 16.2. The second-order valence-corrected chi connectivity index (χ2v) is 8.11. The van der Waals surface area contributed by atoms with Gasteiger partial charge in [-0.1, -0.05) is 23.5 Å². The molecular formula is C19H18F3N7O2S. The molecule has 1 aromatic carbocycles. The summed E-state index contributed by atoms with van der Waals surface area (Å²) in [7, 11) is 0. The van der Waals surface area contributed by atoms with Crippen LogP contribution in [-0.2, 0) is 11.2 Å². The lowest BCUT2D eigenvalue weighted by Crippen LogP contribution is -2.19. The molecule has 1 atom stereocenters. The standard InChI is InChI=1S/C19H18F3N7O2S/c20-19(21,22)31-13-3-1-2-11(8-13)9-16(30)24-15-5-4-14(25-26-15)12-6-7-29(10-12)18-28-27-17(23)32-18/h1-5,8,12H,6-7,9-10H2,(H2,23,27)(H,24,26,30). The van der Waals surface area contributed by atoms with E-state index in [9.17, 15) is 18.0 Å². The maximum absolute atomic E-state index is 12.3. The topological polar surface area (TPSA) is 119 Å². The van der Waals surface area contributed by atoms with Gasteiger partial charge in [0, 0.05) is 19.0 Å². The summed E-state index contributed by atoms with van der Waals surface area (Å²) in [6.07, 6.45) is -4.06. The fourth-order valence-electron chi connectivity index (χ4n) is 3.38. The lowest BCUT2D eigenvalue weighted by molar-refractivity contribution is -0.274. The van der Waals surface area contributed by atoms with Crippen molar-refractivity contribution < 1.29 is 22.7 Å². The Balaban J connectivity index is 1.32. The molecule has 3 heterocycles. The Morgan fingerprint density at radius 2 is 2.06 bits per heavy atom. The third-order valence-corrected chi connectivity index (χ3v) is 5.57. The molecule has 0 bridgehead atoms. The van der Waals surface area contributed by atoms with Crippen molar-refractivity contribution >= 4 is 33.3 Å². The minimum atomic E-state index is -4.79. The first kappa shape index (κ1) is 21.7. The van der Waals surface area contributed by atoms with Crippen molar-refractivity contribution in [3.8, 4) is 5.75 Å². The van der Waals surface area contributed by atoms with Crippen LogP contribution in [0.25, 0.3) is 0 Å². The fourth-order valence-corrected chi connectivity index (χ4v) is 4.03. The largest absolute Gasteiger partial charge is 0.573 e. The van der Waals surface area contributed by atoms with Crippen LogP contribution in [0.4, 0.5) is 29.3 Å². The van der Waals surface area contributed by atoms with E-state index in [0.29, 0.717) is 17.2 Å². The summed E-state index contributed by atoms with van der Waals surface area (Å²) in [6.45, 7) is 1.52. The van der Waals surface area contributed by atoms with E-state index in [1.54, 1.807) is 12.1 Å². The van der Waals surface area contributed by atoms with Gasteiger partial charge < -0.3 is 20.7 Å². The number of rotatable bonds is 6. The number of nitrogens with zero attached hydrogens (tertiary/aromatic N) is 5. The summed E-state index contributed by atoms with van der Waals surface area (Å²) < 4.78 is 40.9. The van der Waals surface area contributed by atoms with E-state index in [0.717, 1.165) is 23.8 Å². The zero-order chi connectivity index (χ0) is 22.7. The monoisotopic (exact) mass is 465 g/mol. The van der Waals surface area contributed by atoms with Gasteiger partial charge in [-0.15, -0.1) is 28.5 Å². The first-order valence-electron chi connectivity index (χ1n) is 9.57. The van der Waals surface area contributed by atoms with Gasteiger partial charge in [0.05, 0.1) is 12.1 Å². The molecule has 1 unspecified atom stereocenters. The molecule has 1 aliphatic rings. The second-order valence-electron chi connectivity index (χ2n) is 7.12. The van der Waals surface area contributed by atoms with Gasteiger partial charge in [-0.05, 0) is 36.2 Å². The van der Waals surface area contributed by atoms with Gasteiger partial charge in [0.2, 0.25) is 16.2 Å². The first-order chi connectivity index (χ1) is 15.2. The summed E-state index contributed by atoms with van der Waals surface area (Å²) >= 11 is 1.33. The van der Waals surface area contributed by atoms with Gasteiger partial charge in [-0.3, -0.25) is 4.79 Å². The van der Waals surface area contributed by atoms with E-state index in [2.05, 4.69) is 35.3 Å². The number of carbonyl (C=O) groups is 1. The van der Waals surface area contributed by atoms with Crippen LogP contribution in [0.1, 0.15) is 23.6 Å². The molecule has 3 N–H and O–H groups in total. The number of halogens is 3. The summed E-state index contributed by atoms with van der Waals surface area (Å²) in [5.74, 6) is -0.396. The molecule has 4 rings (SSSR count). The SMILES string of the molecule is Nc1nnc(N2CCC(c3ccc(NC(=O)Cc4cccc(OC(F)(F)F)c4)nn3)C2)s1. The van der Waals surface area contributed by atoms with Gasteiger partial charge in [-0.2, -0.15) is 5.10 Å². The molecule has 2 aromatic heterocycles. The number of anilines is 3. The number of hydrogen-bond acceptors (Lipinski definition) is 9. The number of nitrogen functional groups attached to an aromatic ring is 1. The third-order valence-electron chi connectivity index (χ3n) is 4.76. The first-order valence-corrected chi connectivity index (χ1v) is 10.4. The van der Waals surface area contributed by atoms with Crippen LogP contribution in [0.5, 0.6) is 5.75 Å². The number of benzene rings is 1. The summed E-state index contributed by atoms with van der Waals surface area (Å²) in [5, 5.41) is 19.9. The van der Waals surface area contributed by atoms with Crippen LogP contribution in [-0.4, -0.2) is 45.8 Å². The second kappa shape index (κ2) is 8.94. The molecule has 1 amide bonds. The average Bonchev–Trinajstić information content (AvgIpc) is 3.36. The summed E-state index contributed by atoms with van der Waals surface area (Å²) in [6, 6.07) is 8.70. The molecule has 3 aromatic rings. The highest BCUT2D eigenvalue weighted by Gasteiger charge is 2.31. The Morgan fingerprint density at radius 1 is 1.22 bits per heavy atom. The van der Waals surface area contributed by atoms with Crippen molar-refractivity contribution in [1.82, 2.24) is 20.4 Å². The maximum Gasteiger partial charge on any atom is 0.573 e. The Bertz CT molecular complexity index is 1090. The van der Waals surface area contributed by atoms with Crippen molar-refractivity contribution in [1.29, 1.82) is 0 Å². The lowest BCUT2D eigenvalue weighted by Gasteiger charge is -2.13.